The number of para-hydroxylation sites is 1. The Hall–Kier alpha value is -5.46. The van der Waals surface area contributed by atoms with Crippen LogP contribution in [0.15, 0.2) is 72.3 Å². The van der Waals surface area contributed by atoms with Gasteiger partial charge in [-0.05, 0) is 114 Å². The SMILES string of the molecule is COc1cc2c(cc1O)C1=C3C=C[C@H]4CC[C@H]([C@@H]3C4)[C@@H]2CC(=O)C[C@@H](CCc2ccc(O)c(OCCO)c2)OC(=O)CC#CCc2c1[nH]c1ccccc21. The fourth-order valence-electron chi connectivity index (χ4n) is 9.28. The minimum atomic E-state index is -0.687. The summed E-state index contributed by atoms with van der Waals surface area (Å²) in [4.78, 5) is 31.4. The van der Waals surface area contributed by atoms with Gasteiger partial charge in [-0.15, -0.1) is 0 Å². The smallest absolute Gasteiger partial charge is 0.318 e. The van der Waals surface area contributed by atoms with E-state index in [1.54, 1.807) is 19.2 Å². The van der Waals surface area contributed by atoms with Crippen LogP contribution in [0.5, 0.6) is 23.0 Å². The number of fused-ring (bicyclic) bond motifs is 6. The molecule has 1 aromatic heterocycles. The van der Waals surface area contributed by atoms with E-state index in [2.05, 4.69) is 41.1 Å². The largest absolute Gasteiger partial charge is 0.504 e. The molecule has 3 aromatic carbocycles. The van der Waals surface area contributed by atoms with E-state index in [1.165, 1.54) is 11.6 Å². The van der Waals surface area contributed by atoms with Gasteiger partial charge in [-0.2, -0.15) is 0 Å². The van der Waals surface area contributed by atoms with Crippen LogP contribution in [0.25, 0.3) is 16.5 Å². The van der Waals surface area contributed by atoms with Crippen LogP contribution in [0.1, 0.15) is 78.8 Å². The second kappa shape index (κ2) is 15.1. The summed E-state index contributed by atoms with van der Waals surface area (Å²) in [5, 5.41) is 31.8. The Kier molecular flexibility index (Phi) is 9.95. The number of phenolic OH excluding ortho intramolecular Hbond substituents is 2. The van der Waals surface area contributed by atoms with Gasteiger partial charge in [0.05, 0.1) is 19.4 Å². The number of rotatable bonds is 7. The number of hydrogen-bond acceptors (Lipinski definition) is 8. The first-order chi connectivity index (χ1) is 26.3. The summed E-state index contributed by atoms with van der Waals surface area (Å²) in [5.74, 6) is 7.15. The van der Waals surface area contributed by atoms with Gasteiger partial charge < -0.3 is 34.5 Å². The van der Waals surface area contributed by atoms with Gasteiger partial charge in [0, 0.05) is 35.7 Å². The molecule has 9 heteroatoms. The number of aryl methyl sites for hydroxylation is 1. The topological polar surface area (TPSA) is 138 Å². The van der Waals surface area contributed by atoms with E-state index in [1.807, 2.05) is 24.3 Å². The molecule has 9 nitrogen and oxygen atoms in total. The van der Waals surface area contributed by atoms with Crippen molar-refractivity contribution in [3.63, 3.8) is 0 Å². The summed E-state index contributed by atoms with van der Waals surface area (Å²) in [6.45, 7) is -0.145. The lowest BCUT2D eigenvalue weighted by Gasteiger charge is -2.42. The molecule has 2 heterocycles. The van der Waals surface area contributed by atoms with E-state index < -0.39 is 12.1 Å². The Morgan fingerprint density at radius 1 is 0.944 bits per heavy atom. The van der Waals surface area contributed by atoms with Crippen LogP contribution in [0.3, 0.4) is 0 Å². The Bertz CT molecular complexity index is 2230. The molecule has 1 aliphatic heterocycles. The first kappa shape index (κ1) is 35.6. The zero-order chi connectivity index (χ0) is 37.3. The molecule has 3 aliphatic carbocycles. The molecular weight excluding hydrogens is 682 g/mol. The van der Waals surface area contributed by atoms with Gasteiger partial charge in [0.25, 0.3) is 0 Å². The second-order valence-electron chi connectivity index (χ2n) is 15.0. The fourth-order valence-corrected chi connectivity index (χ4v) is 9.28. The van der Waals surface area contributed by atoms with E-state index in [0.29, 0.717) is 30.9 Å². The van der Waals surface area contributed by atoms with Gasteiger partial charge in [0.1, 0.15) is 24.9 Å². The number of aromatic nitrogens is 1. The maximum atomic E-state index is 14.4. The number of aliphatic hydroxyl groups excluding tert-OH is 1. The zero-order valence-electron chi connectivity index (χ0n) is 30.4. The third kappa shape index (κ3) is 6.87. The van der Waals surface area contributed by atoms with Crippen molar-refractivity contribution in [3.05, 3.63) is 100 Å². The summed E-state index contributed by atoms with van der Waals surface area (Å²) in [6, 6.07) is 16.9. The highest BCUT2D eigenvalue weighted by molar-refractivity contribution is 5.96. The third-order valence-corrected chi connectivity index (χ3v) is 11.7. The average molecular weight is 728 g/mol. The van der Waals surface area contributed by atoms with Gasteiger partial charge in [-0.25, -0.2) is 0 Å². The molecule has 0 saturated heterocycles. The van der Waals surface area contributed by atoms with Gasteiger partial charge in [-0.3, -0.25) is 9.59 Å². The third-order valence-electron chi connectivity index (χ3n) is 11.7. The molecule has 4 aromatic rings. The van der Waals surface area contributed by atoms with Gasteiger partial charge in [-0.1, -0.05) is 48.3 Å². The van der Waals surface area contributed by atoms with Gasteiger partial charge in [0.2, 0.25) is 0 Å². The monoisotopic (exact) mass is 727 g/mol. The number of phenols is 2. The molecule has 0 amide bonds. The number of allylic oxidation sites excluding steroid dienone is 3. The predicted octanol–water partition coefficient (Wildman–Crippen LogP) is 7.30. The summed E-state index contributed by atoms with van der Waals surface area (Å²) in [6.07, 6.45) is 8.37. The minimum Gasteiger partial charge on any atom is -0.504 e. The highest BCUT2D eigenvalue weighted by Crippen LogP contribution is 2.57. The summed E-state index contributed by atoms with van der Waals surface area (Å²) in [5.41, 5.74) is 7.89. The number of esters is 1. The number of ether oxygens (including phenoxy) is 3. The van der Waals surface area contributed by atoms with E-state index in [-0.39, 0.29) is 73.3 Å². The van der Waals surface area contributed by atoms with Crippen molar-refractivity contribution >= 4 is 28.2 Å². The van der Waals surface area contributed by atoms with Crippen LogP contribution in [-0.4, -0.2) is 58.5 Å². The molecule has 0 unspecified atom stereocenters. The van der Waals surface area contributed by atoms with Crippen LogP contribution in [0.4, 0.5) is 0 Å². The normalized spacial score (nSPS) is 23.6. The highest BCUT2D eigenvalue weighted by Gasteiger charge is 2.44. The van der Waals surface area contributed by atoms with Crippen molar-refractivity contribution in [2.45, 2.75) is 69.8 Å². The first-order valence-electron chi connectivity index (χ1n) is 19.0. The van der Waals surface area contributed by atoms with Crippen LogP contribution >= 0.6 is 0 Å². The number of aromatic hydroxyl groups is 2. The predicted molar refractivity (Wildman–Crippen MR) is 204 cm³/mol. The Morgan fingerprint density at radius 3 is 2.65 bits per heavy atom. The van der Waals surface area contributed by atoms with E-state index in [4.69, 9.17) is 14.2 Å². The lowest BCUT2D eigenvalue weighted by molar-refractivity contribution is -0.149. The van der Waals surface area contributed by atoms with Gasteiger partial charge >= 0.3 is 5.97 Å². The van der Waals surface area contributed by atoms with E-state index >= 15 is 0 Å². The standard InChI is InChI=1S/C45H45NO8/c1-52-41-25-36-35-23-28(48)22-29(14-10-27-13-17-39(49)42(21-27)53-19-18-47)54-43(51)9-5-3-7-33-31-6-2-4-8-38(31)46-45(33)44(37(36)24-40(41)50)32-16-12-26-11-15-30(35)34(32)20-26/h2,4,6,8,12-13,16-17,21,24-26,29-30,34-35,46-47,49-50H,7,9-11,14-15,18-20,22-23H2,1H3/t26-,29-,30-,34+,35+/m1/s1. The van der Waals surface area contributed by atoms with E-state index in [0.717, 1.165) is 63.7 Å². The summed E-state index contributed by atoms with van der Waals surface area (Å²) >= 11 is 0. The number of carbonyl (C=O) groups excluding carboxylic acids is 2. The van der Waals surface area contributed by atoms with Crippen LogP contribution < -0.4 is 9.47 Å². The van der Waals surface area contributed by atoms with E-state index in [9.17, 15) is 24.9 Å². The number of Topliss-reactive ketones (excluding diaryl/α,β-unsaturated/α-hetero) is 1. The van der Waals surface area contributed by atoms with Crippen molar-refractivity contribution in [2.75, 3.05) is 20.3 Å². The number of cyclic esters (lactones) is 1. The maximum absolute atomic E-state index is 14.4. The number of hydrogen-bond donors (Lipinski definition) is 4. The molecule has 4 bridgehead atoms. The number of ketones is 1. The summed E-state index contributed by atoms with van der Waals surface area (Å²) < 4.78 is 17.2. The molecule has 0 radical (unpaired) electrons. The number of methoxy groups -OCH3 is 1. The number of H-pyrrole nitrogens is 1. The second-order valence-corrected chi connectivity index (χ2v) is 15.0. The van der Waals surface area contributed by atoms with Crippen molar-refractivity contribution in [2.24, 2.45) is 17.8 Å². The van der Waals surface area contributed by atoms with Crippen molar-refractivity contribution in [3.8, 4) is 34.8 Å². The quantitative estimate of drug-likeness (QED) is 0.115. The molecule has 0 spiro atoms. The maximum Gasteiger partial charge on any atom is 0.318 e. The molecule has 54 heavy (non-hydrogen) atoms. The molecule has 1 saturated carbocycles. The number of benzene rings is 3. The van der Waals surface area contributed by atoms with Crippen LogP contribution in [0.2, 0.25) is 0 Å². The van der Waals surface area contributed by atoms with Crippen molar-refractivity contribution in [1.82, 2.24) is 4.98 Å². The van der Waals surface area contributed by atoms with Crippen LogP contribution in [-0.2, 0) is 27.2 Å². The fraction of sp³-hybridized carbons (Fsp3) is 0.378. The Morgan fingerprint density at radius 2 is 1.80 bits per heavy atom. The number of carbonyl (C=O) groups is 2. The minimum absolute atomic E-state index is 0.00331. The number of nitrogens with one attached hydrogen (secondary N) is 1. The molecular formula is C45H45NO8. The molecule has 4 N–H and O–H groups in total. The zero-order valence-corrected chi connectivity index (χ0v) is 30.4. The Labute approximate surface area is 314 Å². The number of aliphatic hydroxyl groups is 1. The Balaban J connectivity index is 1.24. The van der Waals surface area contributed by atoms with Crippen molar-refractivity contribution < 1.29 is 39.1 Å². The lowest BCUT2D eigenvalue weighted by Crippen LogP contribution is -2.33. The first-order valence-corrected chi connectivity index (χ1v) is 19.0. The van der Waals surface area contributed by atoms with Gasteiger partial charge in [0.15, 0.2) is 23.0 Å². The average Bonchev–Trinajstić information content (AvgIpc) is 3.48. The van der Waals surface area contributed by atoms with Crippen molar-refractivity contribution in [1.29, 1.82) is 0 Å². The summed E-state index contributed by atoms with van der Waals surface area (Å²) in [7, 11) is 1.55. The highest BCUT2D eigenvalue weighted by atomic mass is 16.5. The molecule has 278 valence electrons. The molecule has 1 fully saturated rings. The lowest BCUT2D eigenvalue weighted by atomic mass is 9.62. The molecule has 8 rings (SSSR count). The molecule has 5 atom stereocenters. The number of aromatic amines is 1. The molecule has 4 aliphatic rings. The van der Waals surface area contributed by atoms with Crippen LogP contribution in [0, 0.1) is 29.6 Å².